The summed E-state index contributed by atoms with van der Waals surface area (Å²) < 4.78 is 5.50. The van der Waals surface area contributed by atoms with Crippen LogP contribution in [0, 0.1) is 11.3 Å². The highest BCUT2D eigenvalue weighted by Gasteiger charge is 2.21. The predicted octanol–water partition coefficient (Wildman–Crippen LogP) is 2.39. The quantitative estimate of drug-likeness (QED) is 0.770. The number of rotatable bonds is 3. The van der Waals surface area contributed by atoms with Crippen LogP contribution in [0.3, 0.4) is 0 Å². The SMILES string of the molecule is CN(Cc1ccc(C#N)cn1)C(=O)c1ccc2nc(N)c3c(c2c1)COC3. The molecule has 1 amide bonds. The summed E-state index contributed by atoms with van der Waals surface area (Å²) in [6.07, 6.45) is 1.50. The first-order valence-electron chi connectivity index (χ1n) is 8.46. The third-order valence-electron chi connectivity index (χ3n) is 4.68. The zero-order valence-electron chi connectivity index (χ0n) is 14.8. The minimum absolute atomic E-state index is 0.118. The van der Waals surface area contributed by atoms with Crippen LogP contribution in [0.1, 0.15) is 32.7 Å². The van der Waals surface area contributed by atoms with Crippen molar-refractivity contribution in [2.75, 3.05) is 12.8 Å². The minimum atomic E-state index is -0.118. The number of carbonyl (C=O) groups is 1. The van der Waals surface area contributed by atoms with Gasteiger partial charge in [0, 0.05) is 29.8 Å². The van der Waals surface area contributed by atoms with Gasteiger partial charge in [-0.15, -0.1) is 0 Å². The number of hydrogen-bond donors (Lipinski definition) is 1. The molecule has 4 rings (SSSR count). The highest BCUT2D eigenvalue weighted by molar-refractivity contribution is 5.99. The van der Waals surface area contributed by atoms with E-state index in [0.29, 0.717) is 36.7 Å². The summed E-state index contributed by atoms with van der Waals surface area (Å²) in [7, 11) is 1.72. The van der Waals surface area contributed by atoms with Gasteiger partial charge in [0.1, 0.15) is 11.9 Å². The van der Waals surface area contributed by atoms with Crippen molar-refractivity contribution in [3.05, 3.63) is 64.5 Å². The number of fused-ring (bicyclic) bond motifs is 3. The van der Waals surface area contributed by atoms with E-state index in [2.05, 4.69) is 9.97 Å². The molecule has 2 aromatic heterocycles. The summed E-state index contributed by atoms with van der Waals surface area (Å²) in [5, 5.41) is 9.74. The largest absolute Gasteiger partial charge is 0.383 e. The molecule has 1 aliphatic rings. The van der Waals surface area contributed by atoms with Gasteiger partial charge in [0.05, 0.1) is 36.5 Å². The molecular weight excluding hydrogens is 342 g/mol. The topological polar surface area (TPSA) is 105 Å². The van der Waals surface area contributed by atoms with Gasteiger partial charge in [0.25, 0.3) is 5.91 Å². The minimum Gasteiger partial charge on any atom is -0.383 e. The molecule has 134 valence electrons. The van der Waals surface area contributed by atoms with Crippen molar-refractivity contribution in [3.8, 4) is 6.07 Å². The number of anilines is 1. The number of benzene rings is 1. The average molecular weight is 359 g/mol. The van der Waals surface area contributed by atoms with Crippen LogP contribution < -0.4 is 5.73 Å². The number of pyridine rings is 2. The van der Waals surface area contributed by atoms with Gasteiger partial charge in [0.2, 0.25) is 0 Å². The molecule has 7 heteroatoms. The van der Waals surface area contributed by atoms with Gasteiger partial charge in [-0.1, -0.05) is 0 Å². The van der Waals surface area contributed by atoms with Crippen molar-refractivity contribution in [1.29, 1.82) is 5.26 Å². The van der Waals surface area contributed by atoms with Crippen LogP contribution in [0.2, 0.25) is 0 Å². The Morgan fingerprint density at radius 3 is 2.85 bits per heavy atom. The Labute approximate surface area is 156 Å². The van der Waals surface area contributed by atoms with E-state index in [1.165, 1.54) is 6.20 Å². The van der Waals surface area contributed by atoms with Gasteiger partial charge in [0.15, 0.2) is 0 Å². The van der Waals surface area contributed by atoms with Crippen molar-refractivity contribution in [2.24, 2.45) is 0 Å². The van der Waals surface area contributed by atoms with Crippen LogP contribution >= 0.6 is 0 Å². The van der Waals surface area contributed by atoms with E-state index in [-0.39, 0.29) is 5.91 Å². The Morgan fingerprint density at radius 1 is 1.30 bits per heavy atom. The smallest absolute Gasteiger partial charge is 0.253 e. The molecule has 0 saturated heterocycles. The number of amides is 1. The van der Waals surface area contributed by atoms with Crippen molar-refractivity contribution >= 4 is 22.6 Å². The first kappa shape index (κ1) is 16.9. The van der Waals surface area contributed by atoms with Gasteiger partial charge in [-0.25, -0.2) is 4.98 Å². The molecule has 27 heavy (non-hydrogen) atoms. The molecule has 3 heterocycles. The maximum absolute atomic E-state index is 12.9. The molecule has 1 aliphatic heterocycles. The second-order valence-corrected chi connectivity index (χ2v) is 6.49. The normalized spacial score (nSPS) is 12.6. The Kier molecular flexibility index (Phi) is 4.18. The Balaban J connectivity index is 1.62. The van der Waals surface area contributed by atoms with Gasteiger partial charge in [-0.05, 0) is 35.9 Å². The van der Waals surface area contributed by atoms with E-state index in [1.807, 2.05) is 18.2 Å². The number of nitrogens with two attached hydrogens (primary N) is 1. The van der Waals surface area contributed by atoms with Gasteiger partial charge < -0.3 is 15.4 Å². The molecule has 3 aromatic rings. The Bertz CT molecular complexity index is 1090. The zero-order valence-corrected chi connectivity index (χ0v) is 14.8. The summed E-state index contributed by atoms with van der Waals surface area (Å²) in [6.45, 7) is 1.28. The van der Waals surface area contributed by atoms with Crippen molar-refractivity contribution in [1.82, 2.24) is 14.9 Å². The molecule has 0 radical (unpaired) electrons. The lowest BCUT2D eigenvalue weighted by Crippen LogP contribution is -2.26. The third kappa shape index (κ3) is 3.07. The first-order valence-corrected chi connectivity index (χ1v) is 8.46. The molecule has 0 bridgehead atoms. The molecule has 1 aromatic carbocycles. The lowest BCUT2D eigenvalue weighted by Gasteiger charge is -2.17. The molecule has 0 atom stereocenters. The van der Waals surface area contributed by atoms with Crippen LogP contribution in [0.25, 0.3) is 10.9 Å². The molecule has 0 aliphatic carbocycles. The molecule has 0 saturated carbocycles. The van der Waals surface area contributed by atoms with Crippen LogP contribution in [0.4, 0.5) is 5.82 Å². The number of hydrogen-bond acceptors (Lipinski definition) is 6. The molecule has 2 N–H and O–H groups in total. The second-order valence-electron chi connectivity index (χ2n) is 6.49. The summed E-state index contributed by atoms with van der Waals surface area (Å²) in [5.41, 5.74) is 10.4. The van der Waals surface area contributed by atoms with E-state index in [0.717, 1.165) is 27.7 Å². The summed E-state index contributed by atoms with van der Waals surface area (Å²) >= 11 is 0. The maximum atomic E-state index is 12.9. The van der Waals surface area contributed by atoms with E-state index in [4.69, 9.17) is 15.7 Å². The fraction of sp³-hybridized carbons (Fsp3) is 0.200. The molecule has 7 nitrogen and oxygen atoms in total. The number of aromatic nitrogens is 2. The van der Waals surface area contributed by atoms with Crippen molar-refractivity contribution < 1.29 is 9.53 Å². The highest BCUT2D eigenvalue weighted by atomic mass is 16.5. The maximum Gasteiger partial charge on any atom is 0.253 e. The first-order chi connectivity index (χ1) is 13.1. The average Bonchev–Trinajstić information content (AvgIpc) is 3.19. The fourth-order valence-electron chi connectivity index (χ4n) is 3.22. The summed E-state index contributed by atoms with van der Waals surface area (Å²) in [4.78, 5) is 23.1. The number of nitrogens with zero attached hydrogens (tertiary/aromatic N) is 4. The summed E-state index contributed by atoms with van der Waals surface area (Å²) in [6, 6.07) is 10.9. The molecule has 0 fully saturated rings. The van der Waals surface area contributed by atoms with Crippen LogP contribution in [0.15, 0.2) is 36.5 Å². The fourth-order valence-corrected chi connectivity index (χ4v) is 3.22. The van der Waals surface area contributed by atoms with Gasteiger partial charge in [-0.2, -0.15) is 5.26 Å². The van der Waals surface area contributed by atoms with E-state index >= 15 is 0 Å². The van der Waals surface area contributed by atoms with Crippen molar-refractivity contribution in [2.45, 2.75) is 19.8 Å². The standard InChI is InChI=1S/C20H17N5O2/c1-25(9-14-4-2-12(7-21)8-23-14)20(26)13-3-5-18-15(6-13)16-10-27-11-17(16)19(22)24-18/h2-6,8H,9-11H2,1H3,(H2,22,24). The monoisotopic (exact) mass is 359 g/mol. The van der Waals surface area contributed by atoms with E-state index < -0.39 is 0 Å². The lowest BCUT2D eigenvalue weighted by atomic mass is 10.0. The molecule has 0 unspecified atom stereocenters. The zero-order chi connectivity index (χ0) is 19.0. The second kappa shape index (κ2) is 6.67. The van der Waals surface area contributed by atoms with Crippen LogP contribution in [-0.2, 0) is 24.5 Å². The number of nitrogen functional groups attached to an aromatic ring is 1. The Hall–Kier alpha value is -3.50. The number of carbonyl (C=O) groups excluding carboxylic acids is 1. The number of nitriles is 1. The van der Waals surface area contributed by atoms with E-state index in [1.54, 1.807) is 30.1 Å². The molecular formula is C20H17N5O2. The predicted molar refractivity (Wildman–Crippen MR) is 99.4 cm³/mol. The van der Waals surface area contributed by atoms with Gasteiger partial charge in [-0.3, -0.25) is 9.78 Å². The lowest BCUT2D eigenvalue weighted by molar-refractivity contribution is 0.0783. The van der Waals surface area contributed by atoms with Crippen molar-refractivity contribution in [3.63, 3.8) is 0 Å². The number of ether oxygens (including phenoxy) is 1. The van der Waals surface area contributed by atoms with Gasteiger partial charge >= 0.3 is 0 Å². The highest BCUT2D eigenvalue weighted by Crippen LogP contribution is 2.31. The summed E-state index contributed by atoms with van der Waals surface area (Å²) in [5.74, 6) is 0.366. The van der Waals surface area contributed by atoms with Crippen LogP contribution in [0.5, 0.6) is 0 Å². The Morgan fingerprint density at radius 2 is 2.11 bits per heavy atom. The van der Waals surface area contributed by atoms with E-state index in [9.17, 15) is 4.79 Å². The third-order valence-corrected chi connectivity index (χ3v) is 4.68. The van der Waals surface area contributed by atoms with Crippen LogP contribution in [-0.4, -0.2) is 27.8 Å². The molecule has 0 spiro atoms.